The molecule has 1 fully saturated rings. The van der Waals surface area contributed by atoms with Crippen LogP contribution in [0.25, 0.3) is 0 Å². The van der Waals surface area contributed by atoms with Crippen LogP contribution in [0, 0.1) is 11.3 Å². The molecule has 1 heterocycles. The molecule has 1 aliphatic heterocycles. The Morgan fingerprint density at radius 1 is 1.60 bits per heavy atom. The number of hydrogen-bond donors (Lipinski definition) is 1. The van der Waals surface area contributed by atoms with Gasteiger partial charge in [-0.25, -0.2) is 0 Å². The molecule has 0 amide bonds. The number of nitrogens with zero attached hydrogens (tertiary/aromatic N) is 2. The molecule has 0 aromatic heterocycles. The fourth-order valence-electron chi connectivity index (χ4n) is 1.85. The van der Waals surface area contributed by atoms with Gasteiger partial charge in [-0.05, 0) is 27.3 Å². The molecule has 3 atom stereocenters. The van der Waals surface area contributed by atoms with Crippen molar-refractivity contribution in [3.63, 3.8) is 0 Å². The van der Waals surface area contributed by atoms with E-state index in [4.69, 9.17) is 10.00 Å². The summed E-state index contributed by atoms with van der Waals surface area (Å²) in [6, 6.07) is 2.69. The van der Waals surface area contributed by atoms with E-state index in [1.165, 1.54) is 0 Å². The van der Waals surface area contributed by atoms with Crippen LogP contribution in [0.2, 0.25) is 0 Å². The minimum absolute atomic E-state index is 0.0321. The molecule has 0 radical (unpaired) electrons. The van der Waals surface area contributed by atoms with E-state index in [1.807, 2.05) is 7.05 Å². The minimum atomic E-state index is -0.0321. The molecule has 1 rings (SSSR count). The van der Waals surface area contributed by atoms with Gasteiger partial charge in [-0.15, -0.1) is 0 Å². The van der Waals surface area contributed by atoms with Crippen LogP contribution >= 0.6 is 0 Å². The molecule has 1 saturated heterocycles. The zero-order valence-corrected chi connectivity index (χ0v) is 9.86. The van der Waals surface area contributed by atoms with E-state index >= 15 is 0 Å². The van der Waals surface area contributed by atoms with Gasteiger partial charge in [0.05, 0.1) is 24.8 Å². The maximum atomic E-state index is 8.82. The third kappa shape index (κ3) is 3.78. The monoisotopic (exact) mass is 211 g/mol. The van der Waals surface area contributed by atoms with Gasteiger partial charge in [0, 0.05) is 19.1 Å². The Morgan fingerprint density at radius 2 is 2.33 bits per heavy atom. The van der Waals surface area contributed by atoms with Crippen molar-refractivity contribution in [2.45, 2.75) is 38.5 Å². The molecule has 15 heavy (non-hydrogen) atoms. The molecule has 0 saturated carbocycles. The fourth-order valence-corrected chi connectivity index (χ4v) is 1.85. The van der Waals surface area contributed by atoms with Crippen LogP contribution in [0.5, 0.6) is 0 Å². The van der Waals surface area contributed by atoms with Crippen LogP contribution < -0.4 is 5.32 Å². The SMILES string of the molecule is CNC(C#N)CCN1CC(C)OCC1C. The predicted molar refractivity (Wildman–Crippen MR) is 59.5 cm³/mol. The van der Waals surface area contributed by atoms with Crippen molar-refractivity contribution in [2.24, 2.45) is 0 Å². The van der Waals surface area contributed by atoms with Crippen LogP contribution in [-0.2, 0) is 4.74 Å². The zero-order valence-electron chi connectivity index (χ0n) is 9.86. The molecule has 0 aliphatic carbocycles. The van der Waals surface area contributed by atoms with E-state index in [1.54, 1.807) is 0 Å². The molecule has 0 aromatic carbocycles. The Hall–Kier alpha value is -0.630. The highest BCUT2D eigenvalue weighted by molar-refractivity contribution is 4.89. The molecule has 0 bridgehead atoms. The quantitative estimate of drug-likeness (QED) is 0.739. The Labute approximate surface area is 92.2 Å². The van der Waals surface area contributed by atoms with Crippen LogP contribution in [-0.4, -0.2) is 49.8 Å². The first-order valence-electron chi connectivity index (χ1n) is 5.60. The zero-order chi connectivity index (χ0) is 11.3. The van der Waals surface area contributed by atoms with Crippen molar-refractivity contribution in [3.8, 4) is 6.07 Å². The van der Waals surface area contributed by atoms with E-state index in [0.717, 1.165) is 26.1 Å². The molecule has 1 N–H and O–H groups in total. The van der Waals surface area contributed by atoms with Gasteiger partial charge < -0.3 is 10.1 Å². The second kappa shape index (κ2) is 6.06. The number of rotatable bonds is 4. The molecular formula is C11H21N3O. The lowest BCUT2D eigenvalue weighted by Gasteiger charge is -2.37. The van der Waals surface area contributed by atoms with Crippen LogP contribution in [0.3, 0.4) is 0 Å². The van der Waals surface area contributed by atoms with E-state index in [0.29, 0.717) is 12.1 Å². The summed E-state index contributed by atoms with van der Waals surface area (Å²) in [5.74, 6) is 0. The molecular weight excluding hydrogens is 190 g/mol. The van der Waals surface area contributed by atoms with E-state index < -0.39 is 0 Å². The Bertz CT molecular complexity index is 226. The van der Waals surface area contributed by atoms with E-state index in [9.17, 15) is 0 Å². The molecule has 1 aliphatic rings. The Morgan fingerprint density at radius 3 is 2.93 bits per heavy atom. The van der Waals surface area contributed by atoms with Gasteiger partial charge >= 0.3 is 0 Å². The Kier molecular flexibility index (Phi) is 5.03. The average molecular weight is 211 g/mol. The summed E-state index contributed by atoms with van der Waals surface area (Å²) in [7, 11) is 1.83. The summed E-state index contributed by atoms with van der Waals surface area (Å²) in [5.41, 5.74) is 0. The topological polar surface area (TPSA) is 48.3 Å². The molecule has 0 spiro atoms. The number of ether oxygens (including phenoxy) is 1. The summed E-state index contributed by atoms with van der Waals surface area (Å²) < 4.78 is 5.56. The predicted octanol–water partition coefficient (Wildman–Crippen LogP) is 0.597. The van der Waals surface area contributed by atoms with Crippen molar-refractivity contribution in [3.05, 3.63) is 0 Å². The van der Waals surface area contributed by atoms with Gasteiger partial charge in [-0.1, -0.05) is 0 Å². The summed E-state index contributed by atoms with van der Waals surface area (Å²) in [6.45, 7) is 7.01. The highest BCUT2D eigenvalue weighted by Crippen LogP contribution is 2.11. The van der Waals surface area contributed by atoms with Gasteiger partial charge in [0.25, 0.3) is 0 Å². The third-order valence-electron chi connectivity index (χ3n) is 2.95. The minimum Gasteiger partial charge on any atom is -0.376 e. The first kappa shape index (κ1) is 12.4. The molecule has 86 valence electrons. The second-order valence-electron chi connectivity index (χ2n) is 4.25. The van der Waals surface area contributed by atoms with Crippen molar-refractivity contribution >= 4 is 0 Å². The van der Waals surface area contributed by atoms with Gasteiger partial charge in [0.1, 0.15) is 0 Å². The van der Waals surface area contributed by atoms with Crippen LogP contribution in [0.1, 0.15) is 20.3 Å². The van der Waals surface area contributed by atoms with E-state index in [2.05, 4.69) is 30.1 Å². The lowest BCUT2D eigenvalue weighted by Crippen LogP contribution is -2.48. The third-order valence-corrected chi connectivity index (χ3v) is 2.95. The first-order chi connectivity index (χ1) is 7.17. The summed E-state index contributed by atoms with van der Waals surface area (Å²) in [4.78, 5) is 2.40. The summed E-state index contributed by atoms with van der Waals surface area (Å²) in [5, 5.41) is 11.8. The average Bonchev–Trinajstić information content (AvgIpc) is 2.24. The standard InChI is InChI=1S/C11H21N3O/c1-9-8-15-10(2)7-14(9)5-4-11(6-12)13-3/h9-11,13H,4-5,7-8H2,1-3H3. The van der Waals surface area contributed by atoms with Crippen molar-refractivity contribution < 1.29 is 4.74 Å². The smallest absolute Gasteiger partial charge is 0.0962 e. The number of nitriles is 1. The fraction of sp³-hybridized carbons (Fsp3) is 0.909. The van der Waals surface area contributed by atoms with Crippen molar-refractivity contribution in [1.29, 1.82) is 5.26 Å². The van der Waals surface area contributed by atoms with Gasteiger partial charge in [0.2, 0.25) is 0 Å². The molecule has 0 aromatic rings. The van der Waals surface area contributed by atoms with Gasteiger partial charge in [-0.2, -0.15) is 5.26 Å². The lowest BCUT2D eigenvalue weighted by atomic mass is 10.1. The number of nitrogens with one attached hydrogen (secondary N) is 1. The Balaban J connectivity index is 2.33. The van der Waals surface area contributed by atoms with Gasteiger partial charge in [-0.3, -0.25) is 4.90 Å². The highest BCUT2D eigenvalue weighted by Gasteiger charge is 2.23. The lowest BCUT2D eigenvalue weighted by molar-refractivity contribution is -0.0498. The van der Waals surface area contributed by atoms with Crippen LogP contribution in [0.15, 0.2) is 0 Å². The van der Waals surface area contributed by atoms with Crippen LogP contribution in [0.4, 0.5) is 0 Å². The summed E-state index contributed by atoms with van der Waals surface area (Å²) in [6.07, 6.45) is 1.20. The van der Waals surface area contributed by atoms with Crippen molar-refractivity contribution in [2.75, 3.05) is 26.7 Å². The van der Waals surface area contributed by atoms with Gasteiger partial charge in [0.15, 0.2) is 0 Å². The largest absolute Gasteiger partial charge is 0.376 e. The summed E-state index contributed by atoms with van der Waals surface area (Å²) >= 11 is 0. The molecule has 4 nitrogen and oxygen atoms in total. The van der Waals surface area contributed by atoms with E-state index in [-0.39, 0.29) is 6.04 Å². The second-order valence-corrected chi connectivity index (χ2v) is 4.25. The highest BCUT2D eigenvalue weighted by atomic mass is 16.5. The maximum Gasteiger partial charge on any atom is 0.0962 e. The normalized spacial score (nSPS) is 29.7. The van der Waals surface area contributed by atoms with Crippen molar-refractivity contribution in [1.82, 2.24) is 10.2 Å². The maximum absolute atomic E-state index is 8.82. The molecule has 4 heteroatoms. The number of hydrogen-bond acceptors (Lipinski definition) is 4. The first-order valence-corrected chi connectivity index (χ1v) is 5.60. The number of morpholine rings is 1. The molecule has 3 unspecified atom stereocenters.